The summed E-state index contributed by atoms with van der Waals surface area (Å²) >= 11 is 0. The van der Waals surface area contributed by atoms with E-state index >= 15 is 0 Å². The Balaban J connectivity index is 1.59. The molecule has 1 amide bonds. The number of rotatable bonds is 4. The fourth-order valence-corrected chi connectivity index (χ4v) is 2.58. The van der Waals surface area contributed by atoms with Crippen LogP contribution in [-0.4, -0.2) is 33.8 Å². The molecular formula is C15H21N5O2. The third-order valence-electron chi connectivity index (χ3n) is 3.96. The maximum Gasteiger partial charge on any atom is 0.272 e. The summed E-state index contributed by atoms with van der Waals surface area (Å²) in [7, 11) is 0. The monoisotopic (exact) mass is 303 g/mol. The predicted molar refractivity (Wildman–Crippen MR) is 80.5 cm³/mol. The highest BCUT2D eigenvalue weighted by atomic mass is 16.4. The summed E-state index contributed by atoms with van der Waals surface area (Å²) in [5.41, 5.74) is 1.27. The molecule has 3 heterocycles. The summed E-state index contributed by atoms with van der Waals surface area (Å²) in [6.07, 6.45) is 4.09. The number of carbonyl (C=O) groups excluding carboxylic acids is 1. The minimum Gasteiger partial charge on any atom is -0.444 e. The Labute approximate surface area is 129 Å². The van der Waals surface area contributed by atoms with Crippen LogP contribution < -0.4 is 10.6 Å². The maximum atomic E-state index is 12.1. The van der Waals surface area contributed by atoms with E-state index in [-0.39, 0.29) is 12.5 Å². The van der Waals surface area contributed by atoms with Crippen molar-refractivity contribution in [1.82, 2.24) is 25.4 Å². The minimum atomic E-state index is -0.212. The van der Waals surface area contributed by atoms with Crippen LogP contribution in [0.5, 0.6) is 0 Å². The molecule has 2 aromatic rings. The summed E-state index contributed by atoms with van der Waals surface area (Å²) in [5, 5.41) is 10.5. The van der Waals surface area contributed by atoms with Gasteiger partial charge in [-0.25, -0.2) is 4.98 Å². The normalized spacial score (nSPS) is 18.4. The van der Waals surface area contributed by atoms with Crippen molar-refractivity contribution in [2.24, 2.45) is 0 Å². The topological polar surface area (TPSA) is 85.0 Å². The second-order valence-electron chi connectivity index (χ2n) is 5.61. The van der Waals surface area contributed by atoms with Gasteiger partial charge in [-0.15, -0.1) is 0 Å². The molecule has 0 radical (unpaired) electrons. The van der Waals surface area contributed by atoms with Gasteiger partial charge in [0.2, 0.25) is 5.89 Å². The molecule has 0 saturated carbocycles. The fraction of sp³-hybridized carbons (Fsp3) is 0.533. The number of hydrogen-bond acceptors (Lipinski definition) is 5. The first kappa shape index (κ1) is 14.8. The number of amides is 1. The van der Waals surface area contributed by atoms with Crippen LogP contribution in [0.1, 0.15) is 46.7 Å². The van der Waals surface area contributed by atoms with Crippen LogP contribution in [0.25, 0.3) is 0 Å². The second-order valence-corrected chi connectivity index (χ2v) is 5.61. The van der Waals surface area contributed by atoms with Gasteiger partial charge in [-0.2, -0.15) is 5.10 Å². The van der Waals surface area contributed by atoms with Gasteiger partial charge in [-0.05, 0) is 39.3 Å². The van der Waals surface area contributed by atoms with E-state index in [1.807, 2.05) is 24.7 Å². The lowest BCUT2D eigenvalue weighted by Crippen LogP contribution is -2.32. The zero-order valence-electron chi connectivity index (χ0n) is 12.9. The standard InChI is InChI=1S/C15H21N5O2/c1-10-11(2)22-14(18-10)9-17-15(21)13-5-7-20(19-13)12-4-3-6-16-8-12/h5,7,12,16H,3-4,6,8-9H2,1-2H3,(H,17,21). The van der Waals surface area contributed by atoms with E-state index in [4.69, 9.17) is 4.42 Å². The number of nitrogens with zero attached hydrogens (tertiary/aromatic N) is 3. The number of nitrogens with one attached hydrogen (secondary N) is 2. The van der Waals surface area contributed by atoms with Crippen LogP contribution in [-0.2, 0) is 6.54 Å². The third-order valence-corrected chi connectivity index (χ3v) is 3.96. The summed E-state index contributed by atoms with van der Waals surface area (Å²) in [4.78, 5) is 16.4. The highest BCUT2D eigenvalue weighted by Crippen LogP contribution is 2.15. The predicted octanol–water partition coefficient (Wildman–Crippen LogP) is 1.34. The highest BCUT2D eigenvalue weighted by Gasteiger charge is 2.18. The van der Waals surface area contributed by atoms with Gasteiger partial charge < -0.3 is 15.1 Å². The molecule has 1 fully saturated rings. The lowest BCUT2D eigenvalue weighted by molar-refractivity contribution is 0.0940. The van der Waals surface area contributed by atoms with Crippen molar-refractivity contribution < 1.29 is 9.21 Å². The van der Waals surface area contributed by atoms with Crippen LogP contribution in [0.3, 0.4) is 0 Å². The first-order valence-electron chi connectivity index (χ1n) is 7.60. The largest absolute Gasteiger partial charge is 0.444 e. The third kappa shape index (κ3) is 3.19. The lowest BCUT2D eigenvalue weighted by atomic mass is 10.1. The molecule has 0 bridgehead atoms. The first-order valence-corrected chi connectivity index (χ1v) is 7.60. The van der Waals surface area contributed by atoms with Crippen LogP contribution in [0.15, 0.2) is 16.7 Å². The Morgan fingerprint density at radius 1 is 1.55 bits per heavy atom. The Morgan fingerprint density at radius 3 is 3.09 bits per heavy atom. The maximum absolute atomic E-state index is 12.1. The summed E-state index contributed by atoms with van der Waals surface area (Å²) < 4.78 is 7.32. The molecule has 2 aromatic heterocycles. The second kappa shape index (κ2) is 6.31. The number of aromatic nitrogens is 3. The van der Waals surface area contributed by atoms with Gasteiger partial charge in [0.05, 0.1) is 18.3 Å². The Morgan fingerprint density at radius 2 is 2.41 bits per heavy atom. The summed E-state index contributed by atoms with van der Waals surface area (Å²) in [6.45, 7) is 5.96. The zero-order chi connectivity index (χ0) is 15.5. The molecule has 0 aromatic carbocycles. The summed E-state index contributed by atoms with van der Waals surface area (Å²) in [5.74, 6) is 1.08. The molecule has 0 spiro atoms. The van der Waals surface area contributed by atoms with Crippen LogP contribution in [0, 0.1) is 13.8 Å². The van der Waals surface area contributed by atoms with Crippen molar-refractivity contribution in [1.29, 1.82) is 0 Å². The molecule has 7 heteroatoms. The SMILES string of the molecule is Cc1nc(CNC(=O)c2ccn(C3CCCNC3)n2)oc1C. The van der Waals surface area contributed by atoms with E-state index in [2.05, 4.69) is 20.7 Å². The molecule has 1 aliphatic rings. The number of oxazole rings is 1. The van der Waals surface area contributed by atoms with Gasteiger partial charge in [0.15, 0.2) is 0 Å². The zero-order valence-corrected chi connectivity index (χ0v) is 12.9. The van der Waals surface area contributed by atoms with E-state index < -0.39 is 0 Å². The molecule has 7 nitrogen and oxygen atoms in total. The average Bonchev–Trinajstić information content (AvgIpc) is 3.14. The van der Waals surface area contributed by atoms with Gasteiger partial charge in [0.25, 0.3) is 5.91 Å². The van der Waals surface area contributed by atoms with Gasteiger partial charge >= 0.3 is 0 Å². The number of hydrogen-bond donors (Lipinski definition) is 2. The Kier molecular flexibility index (Phi) is 4.24. The lowest BCUT2D eigenvalue weighted by Gasteiger charge is -2.22. The van der Waals surface area contributed by atoms with Crippen molar-refractivity contribution in [2.75, 3.05) is 13.1 Å². The van der Waals surface area contributed by atoms with E-state index in [9.17, 15) is 4.79 Å². The van der Waals surface area contributed by atoms with Crippen molar-refractivity contribution in [3.8, 4) is 0 Å². The molecule has 1 aliphatic heterocycles. The van der Waals surface area contributed by atoms with Crippen molar-refractivity contribution >= 4 is 5.91 Å². The molecule has 0 aliphatic carbocycles. The van der Waals surface area contributed by atoms with Gasteiger partial charge in [-0.3, -0.25) is 9.48 Å². The van der Waals surface area contributed by atoms with E-state index in [0.717, 1.165) is 37.4 Å². The van der Waals surface area contributed by atoms with Crippen molar-refractivity contribution in [3.63, 3.8) is 0 Å². The highest BCUT2D eigenvalue weighted by molar-refractivity contribution is 5.92. The van der Waals surface area contributed by atoms with Crippen molar-refractivity contribution in [2.45, 2.75) is 39.3 Å². The summed E-state index contributed by atoms with van der Waals surface area (Å²) in [6, 6.07) is 2.07. The molecule has 1 saturated heterocycles. The van der Waals surface area contributed by atoms with E-state index in [1.165, 1.54) is 0 Å². The molecular weight excluding hydrogens is 282 g/mol. The fourth-order valence-electron chi connectivity index (χ4n) is 2.58. The smallest absolute Gasteiger partial charge is 0.272 e. The average molecular weight is 303 g/mol. The van der Waals surface area contributed by atoms with Crippen molar-refractivity contribution in [3.05, 3.63) is 35.3 Å². The molecule has 118 valence electrons. The number of piperidine rings is 1. The van der Waals surface area contributed by atoms with Crippen LogP contribution in [0.2, 0.25) is 0 Å². The van der Waals surface area contributed by atoms with E-state index in [0.29, 0.717) is 17.6 Å². The van der Waals surface area contributed by atoms with Crippen LogP contribution in [0.4, 0.5) is 0 Å². The quantitative estimate of drug-likeness (QED) is 0.890. The number of aryl methyl sites for hydroxylation is 2. The molecule has 1 unspecified atom stereocenters. The van der Waals surface area contributed by atoms with E-state index in [1.54, 1.807) is 6.07 Å². The molecule has 1 atom stereocenters. The molecule has 3 rings (SSSR count). The Hall–Kier alpha value is -2.15. The van der Waals surface area contributed by atoms with Gasteiger partial charge in [-0.1, -0.05) is 0 Å². The van der Waals surface area contributed by atoms with Crippen LogP contribution >= 0.6 is 0 Å². The Bertz CT molecular complexity index is 635. The molecule has 2 N–H and O–H groups in total. The van der Waals surface area contributed by atoms with Gasteiger partial charge in [0, 0.05) is 12.7 Å². The first-order chi connectivity index (χ1) is 10.6. The number of carbonyl (C=O) groups is 1. The minimum absolute atomic E-state index is 0.212. The molecule has 22 heavy (non-hydrogen) atoms. The van der Waals surface area contributed by atoms with Gasteiger partial charge in [0.1, 0.15) is 11.5 Å².